The van der Waals surface area contributed by atoms with Gasteiger partial charge in [0.25, 0.3) is 0 Å². The van der Waals surface area contributed by atoms with E-state index in [9.17, 15) is 4.79 Å². The predicted octanol–water partition coefficient (Wildman–Crippen LogP) is 4.06. The number of carbonyl (C=O) groups is 1. The summed E-state index contributed by atoms with van der Waals surface area (Å²) < 4.78 is 5.27. The Morgan fingerprint density at radius 2 is 1.91 bits per heavy atom. The van der Waals surface area contributed by atoms with Crippen LogP contribution in [-0.4, -0.2) is 18.1 Å². The van der Waals surface area contributed by atoms with Gasteiger partial charge in [0, 0.05) is 10.5 Å². The highest BCUT2D eigenvalue weighted by Crippen LogP contribution is 2.21. The van der Waals surface area contributed by atoms with E-state index in [-0.39, 0.29) is 0 Å². The summed E-state index contributed by atoms with van der Waals surface area (Å²) in [5.74, 6) is -0.0499. The van der Waals surface area contributed by atoms with Gasteiger partial charge < -0.3 is 4.74 Å². The van der Waals surface area contributed by atoms with Gasteiger partial charge in [0.1, 0.15) is 0 Å². The molecule has 0 aromatic heterocycles. The van der Waals surface area contributed by atoms with Gasteiger partial charge in [-0.25, -0.2) is 9.79 Å². The maximum Gasteiger partial charge on any atom is 0.363 e. The van der Waals surface area contributed by atoms with E-state index in [1.54, 1.807) is 17.8 Å². The van der Waals surface area contributed by atoms with E-state index in [0.29, 0.717) is 11.6 Å². The summed E-state index contributed by atoms with van der Waals surface area (Å²) in [6.07, 6.45) is 3.77. The van der Waals surface area contributed by atoms with Crippen LogP contribution in [0.1, 0.15) is 16.7 Å². The van der Waals surface area contributed by atoms with Crippen LogP contribution in [0.4, 0.5) is 0 Å². The molecule has 2 aromatic rings. The molecule has 0 saturated heterocycles. The largest absolute Gasteiger partial charge is 0.402 e. The quantitative estimate of drug-likeness (QED) is 0.487. The Morgan fingerprint density at radius 3 is 2.59 bits per heavy atom. The summed E-state index contributed by atoms with van der Waals surface area (Å²) in [6, 6.07) is 15.7. The van der Waals surface area contributed by atoms with Crippen molar-refractivity contribution >= 4 is 29.7 Å². The Morgan fingerprint density at radius 1 is 1.14 bits per heavy atom. The van der Waals surface area contributed by atoms with E-state index < -0.39 is 5.97 Å². The first-order valence-electron chi connectivity index (χ1n) is 6.89. The molecular weight excluding hydrogens is 294 g/mol. The second-order valence-corrected chi connectivity index (χ2v) is 5.86. The van der Waals surface area contributed by atoms with Crippen molar-refractivity contribution in [2.24, 2.45) is 4.99 Å². The van der Waals surface area contributed by atoms with Crippen LogP contribution in [0.5, 0.6) is 0 Å². The molecule has 0 saturated carbocycles. The Bertz CT molecular complexity index is 776. The van der Waals surface area contributed by atoms with Gasteiger partial charge in [-0.1, -0.05) is 29.8 Å². The van der Waals surface area contributed by atoms with Crippen LogP contribution >= 0.6 is 11.8 Å². The third kappa shape index (κ3) is 3.12. The summed E-state index contributed by atoms with van der Waals surface area (Å²) in [7, 11) is 0. The zero-order chi connectivity index (χ0) is 15.5. The number of carbonyl (C=O) groups excluding carboxylic acids is 1. The van der Waals surface area contributed by atoms with E-state index in [1.165, 1.54) is 4.90 Å². The van der Waals surface area contributed by atoms with Crippen molar-refractivity contribution in [1.82, 2.24) is 0 Å². The highest BCUT2D eigenvalue weighted by atomic mass is 32.2. The van der Waals surface area contributed by atoms with Crippen molar-refractivity contribution in [2.75, 3.05) is 6.26 Å². The lowest BCUT2D eigenvalue weighted by Gasteiger charge is -1.99. The first-order valence-corrected chi connectivity index (χ1v) is 8.12. The standard InChI is InChI=1S/C18H15NO2S/c1-12-4-3-5-14(10-12)17-19-16(18(20)21-17)11-13-6-8-15(22-2)9-7-13/h3-11H,1-2H3. The predicted molar refractivity (Wildman–Crippen MR) is 90.0 cm³/mol. The molecule has 0 aliphatic carbocycles. The molecule has 0 spiro atoms. The SMILES string of the molecule is CSc1ccc(C=C2N=C(c3cccc(C)c3)OC2=O)cc1. The van der Waals surface area contributed by atoms with Gasteiger partial charge in [-0.05, 0) is 49.1 Å². The molecule has 0 amide bonds. The summed E-state index contributed by atoms with van der Waals surface area (Å²) >= 11 is 1.68. The molecule has 3 nitrogen and oxygen atoms in total. The summed E-state index contributed by atoms with van der Waals surface area (Å²) in [5, 5.41) is 0. The number of aryl methyl sites for hydroxylation is 1. The second-order valence-electron chi connectivity index (χ2n) is 4.98. The number of nitrogens with zero attached hydrogens (tertiary/aromatic N) is 1. The molecule has 110 valence electrons. The average Bonchev–Trinajstić information content (AvgIpc) is 2.89. The van der Waals surface area contributed by atoms with Gasteiger partial charge in [0.15, 0.2) is 5.70 Å². The van der Waals surface area contributed by atoms with Crippen LogP contribution in [0.3, 0.4) is 0 Å². The number of ether oxygens (including phenoxy) is 1. The Balaban J connectivity index is 1.90. The van der Waals surface area contributed by atoms with Crippen LogP contribution < -0.4 is 0 Å². The topological polar surface area (TPSA) is 38.7 Å². The second kappa shape index (κ2) is 6.20. The van der Waals surface area contributed by atoms with Gasteiger partial charge in [0.05, 0.1) is 0 Å². The monoisotopic (exact) mass is 309 g/mol. The molecule has 0 atom stereocenters. The normalized spacial score (nSPS) is 15.8. The zero-order valence-corrected chi connectivity index (χ0v) is 13.2. The molecule has 0 N–H and O–H groups in total. The lowest BCUT2D eigenvalue weighted by Crippen LogP contribution is -2.05. The van der Waals surface area contributed by atoms with Crippen LogP contribution in [0.15, 0.2) is 64.1 Å². The van der Waals surface area contributed by atoms with Crippen molar-refractivity contribution in [1.29, 1.82) is 0 Å². The fraction of sp³-hybridized carbons (Fsp3) is 0.111. The maximum atomic E-state index is 12.0. The minimum atomic E-state index is -0.412. The van der Waals surface area contributed by atoms with Crippen LogP contribution in [0.25, 0.3) is 6.08 Å². The smallest absolute Gasteiger partial charge is 0.363 e. The third-order valence-electron chi connectivity index (χ3n) is 3.30. The van der Waals surface area contributed by atoms with E-state index in [1.807, 2.05) is 61.7 Å². The van der Waals surface area contributed by atoms with Crippen molar-refractivity contribution in [3.63, 3.8) is 0 Å². The zero-order valence-electron chi connectivity index (χ0n) is 12.4. The molecule has 0 bridgehead atoms. The van der Waals surface area contributed by atoms with Crippen LogP contribution in [0.2, 0.25) is 0 Å². The summed E-state index contributed by atoms with van der Waals surface area (Å²) in [4.78, 5) is 17.5. The summed E-state index contributed by atoms with van der Waals surface area (Å²) in [6.45, 7) is 1.99. The summed E-state index contributed by atoms with van der Waals surface area (Å²) in [5.41, 5.74) is 3.17. The Hall–Kier alpha value is -2.33. The van der Waals surface area contributed by atoms with Gasteiger partial charge >= 0.3 is 5.97 Å². The first kappa shape index (κ1) is 14.6. The highest BCUT2D eigenvalue weighted by Gasteiger charge is 2.24. The van der Waals surface area contributed by atoms with E-state index in [4.69, 9.17) is 4.74 Å². The van der Waals surface area contributed by atoms with Gasteiger partial charge in [-0.15, -0.1) is 11.8 Å². The Labute approximate surface area is 133 Å². The maximum absolute atomic E-state index is 12.0. The lowest BCUT2D eigenvalue weighted by molar-refractivity contribution is -0.129. The van der Waals surface area contributed by atoms with E-state index in [2.05, 4.69) is 4.99 Å². The molecule has 0 radical (unpaired) electrons. The molecule has 2 aromatic carbocycles. The third-order valence-corrected chi connectivity index (χ3v) is 4.05. The van der Waals surface area contributed by atoms with Crippen molar-refractivity contribution in [3.8, 4) is 0 Å². The molecule has 0 unspecified atom stereocenters. The van der Waals surface area contributed by atoms with E-state index >= 15 is 0 Å². The molecule has 1 heterocycles. The number of hydrogen-bond donors (Lipinski definition) is 0. The minimum absolute atomic E-state index is 0.327. The number of thioether (sulfide) groups is 1. The van der Waals surface area contributed by atoms with Crippen molar-refractivity contribution in [2.45, 2.75) is 11.8 Å². The van der Waals surface area contributed by atoms with Crippen molar-refractivity contribution in [3.05, 3.63) is 70.9 Å². The highest BCUT2D eigenvalue weighted by molar-refractivity contribution is 7.98. The molecule has 3 rings (SSSR count). The molecule has 0 fully saturated rings. The minimum Gasteiger partial charge on any atom is -0.402 e. The molecule has 22 heavy (non-hydrogen) atoms. The number of cyclic esters (lactones) is 1. The molecular formula is C18H15NO2S. The lowest BCUT2D eigenvalue weighted by atomic mass is 10.1. The van der Waals surface area contributed by atoms with Crippen LogP contribution in [-0.2, 0) is 9.53 Å². The molecule has 1 aliphatic rings. The van der Waals surface area contributed by atoms with Crippen LogP contribution in [0, 0.1) is 6.92 Å². The molecule has 4 heteroatoms. The van der Waals surface area contributed by atoms with Gasteiger partial charge in [-0.3, -0.25) is 0 Å². The average molecular weight is 309 g/mol. The number of hydrogen-bond acceptors (Lipinski definition) is 4. The Kier molecular flexibility index (Phi) is 4.11. The van der Waals surface area contributed by atoms with Crippen molar-refractivity contribution < 1.29 is 9.53 Å². The first-order chi connectivity index (χ1) is 10.7. The van der Waals surface area contributed by atoms with Gasteiger partial charge in [-0.2, -0.15) is 0 Å². The molecule has 1 aliphatic heterocycles. The number of aliphatic imine (C=N–C) groups is 1. The number of esters is 1. The van der Waals surface area contributed by atoms with E-state index in [0.717, 1.165) is 16.7 Å². The fourth-order valence-corrected chi connectivity index (χ4v) is 2.58. The fourth-order valence-electron chi connectivity index (χ4n) is 2.17. The number of benzene rings is 2. The van der Waals surface area contributed by atoms with Gasteiger partial charge in [0.2, 0.25) is 5.90 Å². The number of rotatable bonds is 3.